The van der Waals surface area contributed by atoms with Gasteiger partial charge >= 0.3 is 0 Å². The monoisotopic (exact) mass is 505 g/mol. The predicted molar refractivity (Wildman–Crippen MR) is 124 cm³/mol. The predicted octanol–water partition coefficient (Wildman–Crippen LogP) is 2.89. The van der Waals surface area contributed by atoms with Crippen molar-refractivity contribution in [1.29, 1.82) is 0 Å². The Kier molecular flexibility index (Phi) is 10.9. The first kappa shape index (κ1) is 24.7. The third-order valence-electron chi connectivity index (χ3n) is 4.41. The molecule has 3 N–H and O–H groups in total. The van der Waals surface area contributed by atoms with Gasteiger partial charge in [0.1, 0.15) is 12.3 Å². The van der Waals surface area contributed by atoms with Crippen molar-refractivity contribution in [3.63, 3.8) is 0 Å². The van der Waals surface area contributed by atoms with E-state index in [1.807, 2.05) is 39.8 Å². The molecular formula is C20H36IN5O2. The Morgan fingerprint density at radius 2 is 1.96 bits per heavy atom. The lowest BCUT2D eigenvalue weighted by Gasteiger charge is -2.33. The molecule has 2 rings (SSSR count). The van der Waals surface area contributed by atoms with Crippen LogP contribution in [-0.2, 0) is 4.79 Å². The Bertz CT molecular complexity index is 592. The molecule has 160 valence electrons. The summed E-state index contributed by atoms with van der Waals surface area (Å²) in [6, 6.07) is 4.12. The molecule has 28 heavy (non-hydrogen) atoms. The number of nitrogens with zero attached hydrogens (tertiary/aromatic N) is 2. The van der Waals surface area contributed by atoms with E-state index in [0.717, 1.165) is 25.4 Å². The number of hydrogen-bond acceptors (Lipinski definition) is 4. The summed E-state index contributed by atoms with van der Waals surface area (Å²) in [6.07, 6.45) is 5.46. The number of carbonyl (C=O) groups is 1. The summed E-state index contributed by atoms with van der Waals surface area (Å²) >= 11 is 0. The molecular weight excluding hydrogens is 469 g/mol. The number of hydrogen-bond donors (Lipinski definition) is 3. The van der Waals surface area contributed by atoms with Crippen LogP contribution in [0.5, 0.6) is 0 Å². The zero-order valence-electron chi connectivity index (χ0n) is 17.6. The van der Waals surface area contributed by atoms with Gasteiger partial charge in [0, 0.05) is 18.6 Å². The number of halogens is 1. The van der Waals surface area contributed by atoms with E-state index in [9.17, 15) is 4.79 Å². The number of furan rings is 1. The summed E-state index contributed by atoms with van der Waals surface area (Å²) in [6.45, 7) is 11.6. The average molecular weight is 505 g/mol. The van der Waals surface area contributed by atoms with Crippen LogP contribution in [0, 0.1) is 0 Å². The van der Waals surface area contributed by atoms with Crippen molar-refractivity contribution in [1.82, 2.24) is 20.9 Å². The molecule has 1 aliphatic heterocycles. The van der Waals surface area contributed by atoms with Crippen molar-refractivity contribution in [2.45, 2.75) is 58.5 Å². The van der Waals surface area contributed by atoms with Gasteiger partial charge in [0.05, 0.1) is 12.3 Å². The zero-order chi connectivity index (χ0) is 19.7. The molecule has 0 saturated carbocycles. The number of guanidine groups is 1. The molecule has 0 spiro atoms. The first-order valence-corrected chi connectivity index (χ1v) is 9.99. The molecule has 1 atom stereocenters. The van der Waals surface area contributed by atoms with Gasteiger partial charge in [0.2, 0.25) is 5.91 Å². The maximum absolute atomic E-state index is 12.0. The van der Waals surface area contributed by atoms with Crippen molar-refractivity contribution in [3.8, 4) is 0 Å². The Hall–Kier alpha value is -1.29. The highest BCUT2D eigenvalue weighted by Crippen LogP contribution is 2.24. The molecule has 1 aliphatic rings. The standard InChI is InChI=1S/C20H35N5O2.HI/c1-5-21-19(23-15-18(26)24-20(2,3)4)22-14-16(17-10-9-13-27-17)25-11-7-6-8-12-25;/h9-10,13,16H,5-8,11-12,14-15H2,1-4H3,(H,24,26)(H2,21,22,23);1H. The number of nitrogens with one attached hydrogen (secondary N) is 3. The summed E-state index contributed by atoms with van der Waals surface area (Å²) in [7, 11) is 0. The molecule has 2 heterocycles. The number of piperidine rings is 1. The van der Waals surface area contributed by atoms with Crippen molar-refractivity contribution < 1.29 is 9.21 Å². The summed E-state index contributed by atoms with van der Waals surface area (Å²) in [5, 5.41) is 9.53. The third-order valence-corrected chi connectivity index (χ3v) is 4.41. The summed E-state index contributed by atoms with van der Waals surface area (Å²) < 4.78 is 5.69. The van der Waals surface area contributed by atoms with Gasteiger partial charge < -0.3 is 20.4 Å². The number of rotatable bonds is 7. The molecule has 1 amide bonds. The fourth-order valence-electron chi connectivity index (χ4n) is 3.26. The van der Waals surface area contributed by atoms with Crippen molar-refractivity contribution in [2.75, 3.05) is 32.7 Å². The second-order valence-electron chi connectivity index (χ2n) is 8.00. The van der Waals surface area contributed by atoms with Crippen molar-refractivity contribution >= 4 is 35.8 Å². The Balaban J connectivity index is 0.00000392. The number of likely N-dealkylation sites (tertiary alicyclic amines) is 1. The van der Waals surface area contributed by atoms with Crippen LogP contribution in [0.4, 0.5) is 0 Å². The zero-order valence-corrected chi connectivity index (χ0v) is 19.9. The van der Waals surface area contributed by atoms with Crippen molar-refractivity contribution in [2.24, 2.45) is 4.99 Å². The molecule has 1 saturated heterocycles. The second-order valence-corrected chi connectivity index (χ2v) is 8.00. The Labute approximate surface area is 186 Å². The van der Waals surface area contributed by atoms with Crippen LogP contribution in [0.1, 0.15) is 58.8 Å². The molecule has 0 aromatic carbocycles. The van der Waals surface area contributed by atoms with Crippen LogP contribution >= 0.6 is 24.0 Å². The van der Waals surface area contributed by atoms with E-state index in [2.05, 4.69) is 25.8 Å². The lowest BCUT2D eigenvalue weighted by Crippen LogP contribution is -2.45. The molecule has 0 radical (unpaired) electrons. The van der Waals surface area contributed by atoms with Gasteiger partial charge in [-0.1, -0.05) is 6.42 Å². The van der Waals surface area contributed by atoms with Crippen LogP contribution in [0.25, 0.3) is 0 Å². The maximum Gasteiger partial charge on any atom is 0.242 e. The van der Waals surface area contributed by atoms with E-state index >= 15 is 0 Å². The first-order valence-electron chi connectivity index (χ1n) is 9.99. The molecule has 0 aliphatic carbocycles. The Morgan fingerprint density at radius 3 is 2.54 bits per heavy atom. The van der Waals surface area contributed by atoms with Gasteiger partial charge in [0.25, 0.3) is 0 Å². The highest BCUT2D eigenvalue weighted by molar-refractivity contribution is 14.0. The minimum Gasteiger partial charge on any atom is -0.468 e. The highest BCUT2D eigenvalue weighted by atomic mass is 127. The van der Waals surface area contributed by atoms with Crippen LogP contribution in [0.3, 0.4) is 0 Å². The molecule has 1 aromatic rings. The summed E-state index contributed by atoms with van der Waals surface area (Å²) in [5.41, 5.74) is -0.253. The lowest BCUT2D eigenvalue weighted by molar-refractivity contribution is -0.121. The normalized spacial score (nSPS) is 16.8. The first-order chi connectivity index (χ1) is 12.9. The van der Waals surface area contributed by atoms with Crippen LogP contribution in [-0.4, -0.2) is 55.0 Å². The van der Waals surface area contributed by atoms with Gasteiger partial charge in [-0.25, -0.2) is 4.99 Å². The van der Waals surface area contributed by atoms with Gasteiger partial charge in [-0.2, -0.15) is 0 Å². The van der Waals surface area contributed by atoms with Gasteiger partial charge in [-0.05, 0) is 65.8 Å². The lowest BCUT2D eigenvalue weighted by atomic mass is 10.1. The highest BCUT2D eigenvalue weighted by Gasteiger charge is 2.24. The van der Waals surface area contributed by atoms with E-state index < -0.39 is 0 Å². The van der Waals surface area contributed by atoms with Crippen LogP contribution in [0.15, 0.2) is 27.8 Å². The van der Waals surface area contributed by atoms with Crippen LogP contribution in [0.2, 0.25) is 0 Å². The molecule has 8 heteroatoms. The number of aliphatic imine (C=N–C) groups is 1. The van der Waals surface area contributed by atoms with Gasteiger partial charge in [0.15, 0.2) is 5.96 Å². The third kappa shape index (κ3) is 8.81. The van der Waals surface area contributed by atoms with E-state index in [1.165, 1.54) is 19.3 Å². The molecule has 0 bridgehead atoms. The van der Waals surface area contributed by atoms with E-state index in [-0.39, 0.29) is 48.0 Å². The Morgan fingerprint density at radius 1 is 1.25 bits per heavy atom. The number of amides is 1. The molecule has 7 nitrogen and oxygen atoms in total. The van der Waals surface area contributed by atoms with E-state index in [1.54, 1.807) is 6.26 Å². The molecule has 1 unspecified atom stereocenters. The molecule has 1 aromatic heterocycles. The minimum atomic E-state index is -0.253. The second kappa shape index (κ2) is 12.3. The van der Waals surface area contributed by atoms with Gasteiger partial charge in [-0.3, -0.25) is 9.69 Å². The molecule has 1 fully saturated rings. The fraction of sp³-hybridized carbons (Fsp3) is 0.700. The number of carbonyl (C=O) groups excluding carboxylic acids is 1. The van der Waals surface area contributed by atoms with Crippen molar-refractivity contribution in [3.05, 3.63) is 24.2 Å². The largest absolute Gasteiger partial charge is 0.468 e. The SMILES string of the molecule is CCNC(=NCC(=O)NC(C)(C)C)NCC(c1ccco1)N1CCCCC1.I. The quantitative estimate of drug-likeness (QED) is 0.302. The summed E-state index contributed by atoms with van der Waals surface area (Å²) in [4.78, 5) is 18.9. The van der Waals surface area contributed by atoms with E-state index in [4.69, 9.17) is 4.42 Å². The van der Waals surface area contributed by atoms with E-state index in [0.29, 0.717) is 12.5 Å². The maximum atomic E-state index is 12.0. The smallest absolute Gasteiger partial charge is 0.242 e. The van der Waals surface area contributed by atoms with Gasteiger partial charge in [-0.15, -0.1) is 24.0 Å². The van der Waals surface area contributed by atoms with Crippen LogP contribution < -0.4 is 16.0 Å². The fourth-order valence-corrected chi connectivity index (χ4v) is 3.26. The summed E-state index contributed by atoms with van der Waals surface area (Å²) in [5.74, 6) is 1.53. The average Bonchev–Trinajstić information content (AvgIpc) is 3.13. The minimum absolute atomic E-state index is 0. The topological polar surface area (TPSA) is 81.9 Å².